The predicted molar refractivity (Wildman–Crippen MR) is 117 cm³/mol. The summed E-state index contributed by atoms with van der Waals surface area (Å²) in [5.74, 6) is 0.0570. The van der Waals surface area contributed by atoms with Crippen molar-refractivity contribution in [1.29, 1.82) is 0 Å². The highest BCUT2D eigenvalue weighted by Gasteiger charge is 2.33. The molecule has 1 aromatic heterocycles. The molecule has 158 valence electrons. The molecule has 6 nitrogen and oxygen atoms in total. The number of rotatable bonds is 5. The van der Waals surface area contributed by atoms with Crippen molar-refractivity contribution >= 4 is 17.5 Å². The van der Waals surface area contributed by atoms with Crippen molar-refractivity contribution in [3.05, 3.63) is 59.9 Å². The molecule has 0 bridgehead atoms. The standard InChI is InChI=1S/C24H30N4O2/c25-22(24(30)28-21-7-3-5-16-4-1-2-6-20(16)21)17-8-10-18(11-9-17)23(29)27-19-12-14-26-15-13-19/h1-2,4,6,12-15,17-18,21-22H,3,5,7-11,25H2,(H,28,30)(H,26,27,29). The minimum atomic E-state index is -0.525. The third kappa shape index (κ3) is 4.70. The summed E-state index contributed by atoms with van der Waals surface area (Å²) in [4.78, 5) is 29.3. The third-order valence-electron chi connectivity index (χ3n) is 6.59. The topological polar surface area (TPSA) is 97.1 Å². The molecule has 4 rings (SSSR count). The van der Waals surface area contributed by atoms with Gasteiger partial charge in [-0.3, -0.25) is 14.6 Å². The molecule has 2 aromatic rings. The van der Waals surface area contributed by atoms with Gasteiger partial charge in [0.25, 0.3) is 0 Å². The minimum absolute atomic E-state index is 0.0325. The van der Waals surface area contributed by atoms with Crippen molar-refractivity contribution in [2.24, 2.45) is 17.6 Å². The van der Waals surface area contributed by atoms with Crippen molar-refractivity contribution in [3.63, 3.8) is 0 Å². The average molecular weight is 407 g/mol. The zero-order valence-corrected chi connectivity index (χ0v) is 17.2. The summed E-state index contributed by atoms with van der Waals surface area (Å²) in [7, 11) is 0. The Morgan fingerprint density at radius 1 is 1.00 bits per heavy atom. The Morgan fingerprint density at radius 3 is 2.50 bits per heavy atom. The van der Waals surface area contributed by atoms with Crippen LogP contribution in [0.2, 0.25) is 0 Å². The Balaban J connectivity index is 1.28. The van der Waals surface area contributed by atoms with Crippen LogP contribution in [0.5, 0.6) is 0 Å². The lowest BCUT2D eigenvalue weighted by molar-refractivity contribution is -0.125. The second-order valence-electron chi connectivity index (χ2n) is 8.51. The number of hydrogen-bond acceptors (Lipinski definition) is 4. The molecule has 30 heavy (non-hydrogen) atoms. The lowest BCUT2D eigenvalue weighted by atomic mass is 9.78. The number of hydrogen-bond donors (Lipinski definition) is 3. The maximum atomic E-state index is 12.9. The smallest absolute Gasteiger partial charge is 0.237 e. The zero-order chi connectivity index (χ0) is 20.9. The lowest BCUT2D eigenvalue weighted by Crippen LogP contribution is -2.48. The van der Waals surface area contributed by atoms with Gasteiger partial charge in [-0.05, 0) is 74.1 Å². The van der Waals surface area contributed by atoms with Gasteiger partial charge in [-0.25, -0.2) is 0 Å². The van der Waals surface area contributed by atoms with Crippen LogP contribution in [0, 0.1) is 11.8 Å². The van der Waals surface area contributed by atoms with Gasteiger partial charge in [-0.1, -0.05) is 24.3 Å². The van der Waals surface area contributed by atoms with Gasteiger partial charge in [0, 0.05) is 24.0 Å². The number of anilines is 1. The number of nitrogens with one attached hydrogen (secondary N) is 2. The molecule has 0 saturated heterocycles. The second kappa shape index (κ2) is 9.39. The van der Waals surface area contributed by atoms with Gasteiger partial charge in [-0.2, -0.15) is 0 Å². The van der Waals surface area contributed by atoms with Crippen LogP contribution >= 0.6 is 0 Å². The highest BCUT2D eigenvalue weighted by Crippen LogP contribution is 2.33. The number of fused-ring (bicyclic) bond motifs is 1. The Kier molecular flexibility index (Phi) is 6.43. The van der Waals surface area contributed by atoms with E-state index in [1.807, 2.05) is 6.07 Å². The Hall–Kier alpha value is -2.73. The summed E-state index contributed by atoms with van der Waals surface area (Å²) in [6.07, 6.45) is 9.54. The number of nitrogens with zero attached hydrogens (tertiary/aromatic N) is 1. The van der Waals surface area contributed by atoms with Crippen LogP contribution in [0.25, 0.3) is 0 Å². The Morgan fingerprint density at radius 2 is 1.73 bits per heavy atom. The fraction of sp³-hybridized carbons (Fsp3) is 0.458. The first kappa shape index (κ1) is 20.5. The lowest BCUT2D eigenvalue weighted by Gasteiger charge is -2.33. The summed E-state index contributed by atoms with van der Waals surface area (Å²) in [6.45, 7) is 0. The Bertz CT molecular complexity index is 878. The summed E-state index contributed by atoms with van der Waals surface area (Å²) < 4.78 is 0. The van der Waals surface area contributed by atoms with Crippen LogP contribution in [0.4, 0.5) is 5.69 Å². The normalized spacial score (nSPS) is 24.4. The van der Waals surface area contributed by atoms with Gasteiger partial charge < -0.3 is 16.4 Å². The Labute approximate surface area is 177 Å². The molecule has 6 heteroatoms. The SMILES string of the molecule is NC(C(=O)NC1CCCc2ccccc21)C1CCC(C(=O)Nc2ccncc2)CC1. The summed E-state index contributed by atoms with van der Waals surface area (Å²) >= 11 is 0. The van der Waals surface area contributed by atoms with E-state index in [0.717, 1.165) is 50.6 Å². The number of benzene rings is 1. The average Bonchev–Trinajstić information content (AvgIpc) is 2.79. The van der Waals surface area contributed by atoms with E-state index in [1.54, 1.807) is 24.5 Å². The number of aromatic nitrogens is 1. The van der Waals surface area contributed by atoms with Crippen molar-refractivity contribution in [3.8, 4) is 0 Å². The van der Waals surface area contributed by atoms with E-state index in [1.165, 1.54) is 11.1 Å². The van der Waals surface area contributed by atoms with Crippen LogP contribution in [0.1, 0.15) is 55.7 Å². The fourth-order valence-corrected chi connectivity index (χ4v) is 4.81. The van der Waals surface area contributed by atoms with Crippen molar-refractivity contribution in [2.75, 3.05) is 5.32 Å². The van der Waals surface area contributed by atoms with Crippen LogP contribution in [-0.4, -0.2) is 22.8 Å². The van der Waals surface area contributed by atoms with Gasteiger partial charge in [0.15, 0.2) is 0 Å². The minimum Gasteiger partial charge on any atom is -0.348 e. The van der Waals surface area contributed by atoms with Crippen molar-refractivity contribution in [1.82, 2.24) is 10.3 Å². The second-order valence-corrected chi connectivity index (χ2v) is 8.51. The molecule has 1 saturated carbocycles. The van der Waals surface area contributed by atoms with Gasteiger partial charge in [0.1, 0.15) is 0 Å². The molecule has 2 amide bonds. The number of nitrogens with two attached hydrogens (primary N) is 1. The summed E-state index contributed by atoms with van der Waals surface area (Å²) in [6, 6.07) is 11.4. The van der Waals surface area contributed by atoms with E-state index in [2.05, 4.69) is 33.8 Å². The van der Waals surface area contributed by atoms with Crippen molar-refractivity contribution < 1.29 is 9.59 Å². The molecule has 0 spiro atoms. The largest absolute Gasteiger partial charge is 0.348 e. The maximum absolute atomic E-state index is 12.9. The van der Waals surface area contributed by atoms with Gasteiger partial charge in [0.05, 0.1) is 12.1 Å². The first-order chi connectivity index (χ1) is 14.6. The molecule has 4 N–H and O–H groups in total. The predicted octanol–water partition coefficient (Wildman–Crippen LogP) is 3.35. The zero-order valence-electron chi connectivity index (χ0n) is 17.2. The molecule has 2 aliphatic rings. The fourth-order valence-electron chi connectivity index (χ4n) is 4.81. The van der Waals surface area contributed by atoms with Gasteiger partial charge in [0.2, 0.25) is 11.8 Å². The third-order valence-corrected chi connectivity index (χ3v) is 6.59. The first-order valence-electron chi connectivity index (χ1n) is 11.0. The van der Waals surface area contributed by atoms with E-state index >= 15 is 0 Å². The molecular weight excluding hydrogens is 376 g/mol. The van der Waals surface area contributed by atoms with E-state index in [-0.39, 0.29) is 29.7 Å². The van der Waals surface area contributed by atoms with Crippen LogP contribution < -0.4 is 16.4 Å². The summed E-state index contributed by atoms with van der Waals surface area (Å²) in [5.41, 5.74) is 9.66. The number of carbonyl (C=O) groups excluding carboxylic acids is 2. The molecule has 2 atom stereocenters. The molecule has 2 unspecified atom stereocenters. The number of aryl methyl sites for hydroxylation is 1. The highest BCUT2D eigenvalue weighted by molar-refractivity contribution is 5.92. The van der Waals surface area contributed by atoms with E-state index in [9.17, 15) is 9.59 Å². The van der Waals surface area contributed by atoms with Crippen LogP contribution in [0.3, 0.4) is 0 Å². The summed E-state index contributed by atoms with van der Waals surface area (Å²) in [5, 5.41) is 6.14. The van der Waals surface area contributed by atoms with E-state index in [0.29, 0.717) is 0 Å². The molecular formula is C24H30N4O2. The van der Waals surface area contributed by atoms with Crippen LogP contribution in [-0.2, 0) is 16.0 Å². The molecule has 0 aliphatic heterocycles. The van der Waals surface area contributed by atoms with E-state index < -0.39 is 6.04 Å². The molecule has 1 heterocycles. The van der Waals surface area contributed by atoms with E-state index in [4.69, 9.17) is 5.73 Å². The molecule has 1 aromatic carbocycles. The number of carbonyl (C=O) groups is 2. The monoisotopic (exact) mass is 406 g/mol. The molecule has 1 fully saturated rings. The highest BCUT2D eigenvalue weighted by atomic mass is 16.2. The number of amides is 2. The number of pyridine rings is 1. The van der Waals surface area contributed by atoms with Crippen molar-refractivity contribution in [2.45, 2.75) is 57.0 Å². The van der Waals surface area contributed by atoms with Gasteiger partial charge in [-0.15, -0.1) is 0 Å². The molecule has 2 aliphatic carbocycles. The quantitative estimate of drug-likeness (QED) is 0.709. The van der Waals surface area contributed by atoms with Crippen LogP contribution in [0.15, 0.2) is 48.8 Å². The maximum Gasteiger partial charge on any atom is 0.237 e. The first-order valence-corrected chi connectivity index (χ1v) is 11.0. The van der Waals surface area contributed by atoms with Gasteiger partial charge >= 0.3 is 0 Å². The molecule has 0 radical (unpaired) electrons.